The zero-order chi connectivity index (χ0) is 13.5. The molecule has 0 fully saturated rings. The third-order valence-electron chi connectivity index (χ3n) is 3.38. The number of rotatable bonds is 7. The quantitative estimate of drug-likeness (QED) is 0.819. The van der Waals surface area contributed by atoms with E-state index in [0.717, 1.165) is 12.2 Å². The highest BCUT2D eigenvalue weighted by molar-refractivity contribution is 5.24. The van der Waals surface area contributed by atoms with E-state index in [1.54, 1.807) is 6.26 Å². The van der Waals surface area contributed by atoms with E-state index in [4.69, 9.17) is 4.52 Å². The molecule has 1 unspecified atom stereocenters. The van der Waals surface area contributed by atoms with Crippen LogP contribution in [0.15, 0.2) is 41.1 Å². The fraction of sp³-hybridized carbons (Fsp3) is 0.438. The monoisotopic (exact) mass is 258 g/mol. The van der Waals surface area contributed by atoms with Crippen LogP contribution in [0, 0.1) is 0 Å². The number of unbranched alkanes of at least 4 members (excludes halogenated alkanes) is 1. The number of aryl methyl sites for hydroxylation is 1. The normalized spacial score (nSPS) is 12.5. The van der Waals surface area contributed by atoms with Gasteiger partial charge in [0, 0.05) is 18.7 Å². The average molecular weight is 258 g/mol. The summed E-state index contributed by atoms with van der Waals surface area (Å²) in [6.45, 7) is 5.13. The Balaban J connectivity index is 1.86. The van der Waals surface area contributed by atoms with Gasteiger partial charge in [-0.15, -0.1) is 0 Å². The zero-order valence-electron chi connectivity index (χ0n) is 11.7. The van der Waals surface area contributed by atoms with Gasteiger partial charge in [0.05, 0.1) is 5.69 Å². The van der Waals surface area contributed by atoms with Crippen molar-refractivity contribution in [2.24, 2.45) is 0 Å². The molecule has 1 aromatic heterocycles. The number of aromatic nitrogens is 1. The lowest BCUT2D eigenvalue weighted by Gasteiger charge is -2.13. The van der Waals surface area contributed by atoms with Gasteiger partial charge < -0.3 is 9.84 Å². The van der Waals surface area contributed by atoms with E-state index in [2.05, 4.69) is 48.6 Å². The molecule has 0 aliphatic rings. The predicted molar refractivity (Wildman–Crippen MR) is 76.8 cm³/mol. The molecule has 2 rings (SSSR count). The molecule has 3 heteroatoms. The summed E-state index contributed by atoms with van der Waals surface area (Å²) in [6, 6.07) is 11.1. The molecule has 3 nitrogen and oxygen atoms in total. The van der Waals surface area contributed by atoms with Crippen molar-refractivity contribution in [3.63, 3.8) is 0 Å². The lowest BCUT2D eigenvalue weighted by atomic mass is 10.0. The maximum atomic E-state index is 4.82. The summed E-state index contributed by atoms with van der Waals surface area (Å²) in [5.41, 5.74) is 3.67. The van der Waals surface area contributed by atoms with E-state index in [-0.39, 0.29) is 0 Å². The molecule has 1 N–H and O–H groups in total. The maximum absolute atomic E-state index is 4.82. The summed E-state index contributed by atoms with van der Waals surface area (Å²) in [5.74, 6) is 0. The van der Waals surface area contributed by atoms with Crippen LogP contribution in [0.4, 0.5) is 0 Å². The third-order valence-corrected chi connectivity index (χ3v) is 3.38. The van der Waals surface area contributed by atoms with Gasteiger partial charge in [0.15, 0.2) is 0 Å². The molecule has 1 atom stereocenters. The predicted octanol–water partition coefficient (Wildman–Crippen LogP) is 3.87. The number of nitrogens with one attached hydrogen (secondary N) is 1. The van der Waals surface area contributed by atoms with Crippen LogP contribution in [-0.4, -0.2) is 5.16 Å². The van der Waals surface area contributed by atoms with Crippen molar-refractivity contribution in [1.29, 1.82) is 0 Å². The Labute approximate surface area is 115 Å². The first-order valence-electron chi connectivity index (χ1n) is 7.01. The van der Waals surface area contributed by atoms with E-state index in [0.29, 0.717) is 6.04 Å². The maximum Gasteiger partial charge on any atom is 0.124 e. The molecule has 0 radical (unpaired) electrons. The molecule has 0 bridgehead atoms. The van der Waals surface area contributed by atoms with Crippen molar-refractivity contribution >= 4 is 0 Å². The fourth-order valence-electron chi connectivity index (χ4n) is 2.06. The minimum atomic E-state index is 0.317. The van der Waals surface area contributed by atoms with Gasteiger partial charge in [0.1, 0.15) is 6.26 Å². The highest BCUT2D eigenvalue weighted by Gasteiger charge is 2.05. The second-order valence-corrected chi connectivity index (χ2v) is 4.94. The molecule has 0 saturated carbocycles. The van der Waals surface area contributed by atoms with E-state index in [1.165, 1.54) is 30.4 Å². The Bertz CT molecular complexity index is 462. The molecule has 1 heterocycles. The molecule has 0 saturated heterocycles. The van der Waals surface area contributed by atoms with Gasteiger partial charge in [-0.1, -0.05) is 42.8 Å². The molecule has 0 aliphatic carbocycles. The number of hydrogen-bond donors (Lipinski definition) is 1. The van der Waals surface area contributed by atoms with Gasteiger partial charge in [-0.3, -0.25) is 0 Å². The number of nitrogens with zero attached hydrogens (tertiary/aromatic N) is 1. The van der Waals surface area contributed by atoms with Crippen molar-refractivity contribution in [2.45, 2.75) is 45.7 Å². The second kappa shape index (κ2) is 7.10. The van der Waals surface area contributed by atoms with Crippen LogP contribution in [0.5, 0.6) is 0 Å². The molecule has 0 aliphatic heterocycles. The first kappa shape index (κ1) is 13.8. The largest absolute Gasteiger partial charge is 0.364 e. The van der Waals surface area contributed by atoms with Crippen LogP contribution >= 0.6 is 0 Å². The number of hydrogen-bond acceptors (Lipinski definition) is 3. The molecular weight excluding hydrogens is 236 g/mol. The number of benzene rings is 1. The van der Waals surface area contributed by atoms with Crippen molar-refractivity contribution in [3.8, 4) is 0 Å². The second-order valence-electron chi connectivity index (χ2n) is 4.94. The molecule has 0 amide bonds. The zero-order valence-corrected chi connectivity index (χ0v) is 11.7. The third kappa shape index (κ3) is 4.21. The van der Waals surface area contributed by atoms with Crippen LogP contribution in [0.25, 0.3) is 0 Å². The fourth-order valence-corrected chi connectivity index (χ4v) is 2.06. The first-order chi connectivity index (χ1) is 9.29. The topological polar surface area (TPSA) is 38.1 Å². The Kier molecular flexibility index (Phi) is 5.16. The van der Waals surface area contributed by atoms with Crippen LogP contribution in [-0.2, 0) is 13.0 Å². The summed E-state index contributed by atoms with van der Waals surface area (Å²) in [4.78, 5) is 0. The Morgan fingerprint density at radius 1 is 1.21 bits per heavy atom. The average Bonchev–Trinajstić information content (AvgIpc) is 2.96. The van der Waals surface area contributed by atoms with Gasteiger partial charge in [-0.25, -0.2) is 0 Å². The highest BCUT2D eigenvalue weighted by atomic mass is 16.5. The van der Waals surface area contributed by atoms with Crippen LogP contribution < -0.4 is 5.32 Å². The van der Waals surface area contributed by atoms with Gasteiger partial charge >= 0.3 is 0 Å². The smallest absolute Gasteiger partial charge is 0.124 e. The van der Waals surface area contributed by atoms with Crippen LogP contribution in [0.2, 0.25) is 0 Å². The van der Waals surface area contributed by atoms with Gasteiger partial charge in [0.2, 0.25) is 0 Å². The van der Waals surface area contributed by atoms with E-state index in [1.807, 2.05) is 6.07 Å². The van der Waals surface area contributed by atoms with E-state index in [9.17, 15) is 0 Å². The Morgan fingerprint density at radius 2 is 2.00 bits per heavy atom. The van der Waals surface area contributed by atoms with Crippen molar-refractivity contribution in [2.75, 3.05) is 0 Å². The minimum absolute atomic E-state index is 0.317. The van der Waals surface area contributed by atoms with Gasteiger partial charge in [-0.2, -0.15) is 0 Å². The molecule has 102 valence electrons. The van der Waals surface area contributed by atoms with Crippen LogP contribution in [0.3, 0.4) is 0 Å². The standard InChI is InChI=1S/C16H22N2O/c1-3-4-5-14-6-8-15(9-7-14)13(2)17-12-16-10-11-19-18-16/h6-11,13,17H,3-5,12H2,1-2H3. The van der Waals surface area contributed by atoms with Gasteiger partial charge in [-0.05, 0) is 30.9 Å². The highest BCUT2D eigenvalue weighted by Crippen LogP contribution is 2.15. The van der Waals surface area contributed by atoms with Crippen molar-refractivity contribution < 1.29 is 4.52 Å². The first-order valence-corrected chi connectivity index (χ1v) is 7.01. The summed E-state index contributed by atoms with van der Waals surface area (Å²) >= 11 is 0. The summed E-state index contributed by atoms with van der Waals surface area (Å²) in [5, 5.41) is 7.33. The minimum Gasteiger partial charge on any atom is -0.364 e. The Hall–Kier alpha value is -1.61. The Morgan fingerprint density at radius 3 is 2.63 bits per heavy atom. The molecule has 19 heavy (non-hydrogen) atoms. The summed E-state index contributed by atoms with van der Waals surface area (Å²) in [6.07, 6.45) is 5.29. The SMILES string of the molecule is CCCCc1ccc(C(C)NCc2ccon2)cc1. The van der Waals surface area contributed by atoms with E-state index < -0.39 is 0 Å². The van der Waals surface area contributed by atoms with Gasteiger partial charge in [0.25, 0.3) is 0 Å². The van der Waals surface area contributed by atoms with Crippen molar-refractivity contribution in [3.05, 3.63) is 53.4 Å². The summed E-state index contributed by atoms with van der Waals surface area (Å²) < 4.78 is 4.82. The van der Waals surface area contributed by atoms with E-state index >= 15 is 0 Å². The molecule has 0 spiro atoms. The molecular formula is C16H22N2O. The van der Waals surface area contributed by atoms with Crippen molar-refractivity contribution in [1.82, 2.24) is 10.5 Å². The van der Waals surface area contributed by atoms with Crippen LogP contribution in [0.1, 0.15) is 49.6 Å². The summed E-state index contributed by atoms with van der Waals surface area (Å²) in [7, 11) is 0. The molecule has 2 aromatic rings. The molecule has 1 aromatic carbocycles. The lowest BCUT2D eigenvalue weighted by molar-refractivity contribution is 0.406. The lowest BCUT2D eigenvalue weighted by Crippen LogP contribution is -2.18.